The van der Waals surface area contributed by atoms with Crippen molar-refractivity contribution in [2.45, 2.75) is 26.9 Å². The van der Waals surface area contributed by atoms with E-state index in [9.17, 15) is 9.18 Å². The van der Waals surface area contributed by atoms with Crippen molar-refractivity contribution in [1.82, 2.24) is 5.16 Å². The van der Waals surface area contributed by atoms with E-state index in [1.807, 2.05) is 0 Å². The Morgan fingerprint density at radius 2 is 2.25 bits per heavy atom. The summed E-state index contributed by atoms with van der Waals surface area (Å²) in [5.74, 6) is -0.488. The number of carbonyl (C=O) groups excluding carboxylic acids is 1. The average Bonchev–Trinajstić information content (AvgIpc) is 2.81. The number of hydrogen-bond acceptors (Lipinski definition) is 4. The lowest BCUT2D eigenvalue weighted by atomic mass is 10.0. The van der Waals surface area contributed by atoms with Gasteiger partial charge in [-0.05, 0) is 31.0 Å². The Labute approximate surface area is 116 Å². The van der Waals surface area contributed by atoms with Crippen molar-refractivity contribution >= 4 is 5.97 Å². The minimum atomic E-state index is -0.346. The quantitative estimate of drug-likeness (QED) is 0.788. The molecule has 0 aliphatic heterocycles. The molecule has 1 aromatic heterocycles. The Morgan fingerprint density at radius 3 is 2.90 bits per heavy atom. The van der Waals surface area contributed by atoms with E-state index >= 15 is 0 Å². The van der Waals surface area contributed by atoms with Gasteiger partial charge in [0, 0.05) is 6.07 Å². The van der Waals surface area contributed by atoms with E-state index in [2.05, 4.69) is 5.16 Å². The lowest BCUT2D eigenvalue weighted by Crippen LogP contribution is -2.17. The molecule has 1 heterocycles. The van der Waals surface area contributed by atoms with Gasteiger partial charge in [-0.25, -0.2) is 4.39 Å². The third-order valence-corrected chi connectivity index (χ3v) is 2.87. The molecule has 20 heavy (non-hydrogen) atoms. The van der Waals surface area contributed by atoms with E-state index in [0.29, 0.717) is 12.2 Å². The lowest BCUT2D eigenvalue weighted by molar-refractivity contribution is -0.149. The monoisotopic (exact) mass is 277 g/mol. The van der Waals surface area contributed by atoms with Gasteiger partial charge in [-0.15, -0.1) is 0 Å². The molecule has 5 heteroatoms. The van der Waals surface area contributed by atoms with E-state index in [4.69, 9.17) is 9.26 Å². The number of hydrogen-bond donors (Lipinski definition) is 0. The maximum Gasteiger partial charge on any atom is 0.309 e. The van der Waals surface area contributed by atoms with Gasteiger partial charge in [0.25, 0.3) is 0 Å². The molecule has 2 rings (SSSR count). The van der Waals surface area contributed by atoms with Crippen molar-refractivity contribution in [1.29, 1.82) is 0 Å². The first-order valence-electron chi connectivity index (χ1n) is 6.38. The summed E-state index contributed by atoms with van der Waals surface area (Å²) in [5, 5.41) is 3.71. The van der Waals surface area contributed by atoms with E-state index in [1.54, 1.807) is 32.0 Å². The number of rotatable bonds is 5. The van der Waals surface area contributed by atoms with Crippen molar-refractivity contribution in [3.05, 3.63) is 53.2 Å². The normalized spacial score (nSPS) is 12.2. The van der Waals surface area contributed by atoms with Crippen LogP contribution in [0.5, 0.6) is 0 Å². The Balaban J connectivity index is 1.85. The number of aryl methyl sites for hydroxylation is 1. The summed E-state index contributed by atoms with van der Waals surface area (Å²) in [6, 6.07) is 7.92. The van der Waals surface area contributed by atoms with Crippen LogP contribution in [0.15, 0.2) is 34.9 Å². The molecule has 0 amide bonds. The first kappa shape index (κ1) is 14.2. The van der Waals surface area contributed by atoms with Crippen LogP contribution < -0.4 is 0 Å². The molecule has 0 bridgehead atoms. The molecule has 0 aliphatic rings. The zero-order valence-electron chi connectivity index (χ0n) is 11.4. The molecule has 1 unspecified atom stereocenters. The summed E-state index contributed by atoms with van der Waals surface area (Å²) < 4.78 is 23.1. The van der Waals surface area contributed by atoms with Crippen LogP contribution in [-0.4, -0.2) is 11.1 Å². The third-order valence-electron chi connectivity index (χ3n) is 2.87. The van der Waals surface area contributed by atoms with Crippen LogP contribution in [-0.2, 0) is 22.6 Å². The number of carbonyl (C=O) groups is 1. The highest BCUT2D eigenvalue weighted by Gasteiger charge is 2.16. The molecule has 106 valence electrons. The van der Waals surface area contributed by atoms with Gasteiger partial charge in [0.05, 0.1) is 11.6 Å². The Kier molecular flexibility index (Phi) is 4.50. The second kappa shape index (κ2) is 6.32. The molecule has 1 aromatic carbocycles. The van der Waals surface area contributed by atoms with Gasteiger partial charge >= 0.3 is 5.97 Å². The topological polar surface area (TPSA) is 52.3 Å². The maximum absolute atomic E-state index is 13.1. The molecule has 0 radical (unpaired) electrons. The summed E-state index contributed by atoms with van der Waals surface area (Å²) in [7, 11) is 0. The van der Waals surface area contributed by atoms with Gasteiger partial charge < -0.3 is 9.26 Å². The number of ether oxygens (including phenoxy) is 1. The van der Waals surface area contributed by atoms with E-state index in [-0.39, 0.29) is 24.3 Å². The van der Waals surface area contributed by atoms with Crippen molar-refractivity contribution in [2.24, 2.45) is 5.92 Å². The highest BCUT2D eigenvalue weighted by atomic mass is 19.1. The molecule has 0 N–H and O–H groups in total. The zero-order chi connectivity index (χ0) is 14.5. The summed E-state index contributed by atoms with van der Waals surface area (Å²) in [6.45, 7) is 3.60. The predicted molar refractivity (Wildman–Crippen MR) is 70.3 cm³/mol. The minimum absolute atomic E-state index is 0.0627. The summed E-state index contributed by atoms with van der Waals surface area (Å²) in [6.07, 6.45) is 0.437. The number of halogens is 1. The molecule has 0 saturated carbocycles. The fraction of sp³-hybridized carbons (Fsp3) is 0.333. The molecular formula is C15H16FNO3. The fourth-order valence-corrected chi connectivity index (χ4v) is 1.87. The highest BCUT2D eigenvalue weighted by Crippen LogP contribution is 2.13. The lowest BCUT2D eigenvalue weighted by Gasteiger charge is -2.10. The van der Waals surface area contributed by atoms with Gasteiger partial charge in [0.1, 0.15) is 5.82 Å². The largest absolute Gasteiger partial charge is 0.457 e. The average molecular weight is 277 g/mol. The van der Waals surface area contributed by atoms with Gasteiger partial charge in [0.15, 0.2) is 12.4 Å². The number of aromatic nitrogens is 1. The zero-order valence-corrected chi connectivity index (χ0v) is 11.4. The Hall–Kier alpha value is -2.17. The van der Waals surface area contributed by atoms with E-state index < -0.39 is 0 Å². The summed E-state index contributed by atoms with van der Waals surface area (Å²) >= 11 is 0. The van der Waals surface area contributed by atoms with Crippen molar-refractivity contribution < 1.29 is 18.4 Å². The van der Waals surface area contributed by atoms with Gasteiger partial charge in [-0.1, -0.05) is 24.2 Å². The SMILES string of the molecule is Cc1cc(COC(=O)C(C)Cc2cccc(F)c2)on1. The van der Waals surface area contributed by atoms with Crippen LogP contribution >= 0.6 is 0 Å². The number of benzene rings is 1. The van der Waals surface area contributed by atoms with Crippen molar-refractivity contribution in [3.8, 4) is 0 Å². The van der Waals surface area contributed by atoms with E-state index in [1.165, 1.54) is 12.1 Å². The van der Waals surface area contributed by atoms with Crippen molar-refractivity contribution in [2.75, 3.05) is 0 Å². The number of esters is 1. The fourth-order valence-electron chi connectivity index (χ4n) is 1.87. The van der Waals surface area contributed by atoms with Crippen LogP contribution in [0.1, 0.15) is 23.9 Å². The molecule has 0 spiro atoms. The third kappa shape index (κ3) is 3.91. The van der Waals surface area contributed by atoms with E-state index in [0.717, 1.165) is 11.3 Å². The number of nitrogens with zero attached hydrogens (tertiary/aromatic N) is 1. The maximum atomic E-state index is 13.1. The van der Waals surface area contributed by atoms with Crippen LogP contribution in [0, 0.1) is 18.7 Å². The van der Waals surface area contributed by atoms with Gasteiger partial charge in [-0.2, -0.15) is 0 Å². The minimum Gasteiger partial charge on any atom is -0.457 e. The first-order chi connectivity index (χ1) is 9.54. The molecule has 0 aliphatic carbocycles. The van der Waals surface area contributed by atoms with Crippen LogP contribution in [0.2, 0.25) is 0 Å². The highest BCUT2D eigenvalue weighted by molar-refractivity contribution is 5.72. The Bertz CT molecular complexity index is 594. The Morgan fingerprint density at radius 1 is 1.45 bits per heavy atom. The molecule has 2 aromatic rings. The smallest absolute Gasteiger partial charge is 0.309 e. The summed E-state index contributed by atoms with van der Waals surface area (Å²) in [4.78, 5) is 11.8. The molecular weight excluding hydrogens is 261 g/mol. The van der Waals surface area contributed by atoms with Gasteiger partial charge in [-0.3, -0.25) is 4.79 Å². The van der Waals surface area contributed by atoms with Crippen LogP contribution in [0.3, 0.4) is 0 Å². The summed E-state index contributed by atoms with van der Waals surface area (Å²) in [5.41, 5.74) is 1.51. The molecule has 0 fully saturated rings. The molecule has 0 saturated heterocycles. The molecule has 1 atom stereocenters. The second-order valence-electron chi connectivity index (χ2n) is 4.78. The molecule has 4 nitrogen and oxygen atoms in total. The van der Waals surface area contributed by atoms with Crippen LogP contribution in [0.25, 0.3) is 0 Å². The van der Waals surface area contributed by atoms with Gasteiger partial charge in [0.2, 0.25) is 0 Å². The second-order valence-corrected chi connectivity index (χ2v) is 4.78. The van der Waals surface area contributed by atoms with Crippen LogP contribution in [0.4, 0.5) is 4.39 Å². The standard InChI is InChI=1S/C15H16FNO3/c1-10(6-12-4-3-5-13(16)8-12)15(18)19-9-14-7-11(2)17-20-14/h3-5,7-8,10H,6,9H2,1-2H3. The predicted octanol–water partition coefficient (Wildman–Crippen LogP) is 3.04. The van der Waals surface area contributed by atoms with Crippen molar-refractivity contribution in [3.63, 3.8) is 0 Å². The first-order valence-corrected chi connectivity index (χ1v) is 6.38.